The average molecular weight is 321 g/mol. The molecule has 2 aromatic carbocycles. The molecule has 2 atom stereocenters. The van der Waals surface area contributed by atoms with Gasteiger partial charge in [0.2, 0.25) is 6.04 Å². The zero-order valence-corrected chi connectivity index (χ0v) is 12.8. The zero-order chi connectivity index (χ0) is 16.3. The Balaban J connectivity index is 1.83. The lowest BCUT2D eigenvalue weighted by atomic mass is 9.92. The van der Waals surface area contributed by atoms with Gasteiger partial charge >= 0.3 is 0 Å². The first-order valence-electron chi connectivity index (χ1n) is 8.06. The van der Waals surface area contributed by atoms with Gasteiger partial charge in [-0.1, -0.05) is 48.5 Å². The summed E-state index contributed by atoms with van der Waals surface area (Å²) < 4.78 is 31.2. The molecule has 118 valence electrons. The number of alkyl halides is 2. The molecule has 1 aromatic heterocycles. The zero-order valence-electron chi connectivity index (χ0n) is 12.8. The molecule has 2 unspecified atom stereocenters. The lowest BCUT2D eigenvalue weighted by molar-refractivity contribution is -0.705. The topological polar surface area (TPSA) is 16.8 Å². The Bertz CT molecular complexity index is 868. The van der Waals surface area contributed by atoms with Crippen LogP contribution in [0.3, 0.4) is 0 Å². The lowest BCUT2D eigenvalue weighted by Gasteiger charge is -2.18. The standard InChI is InChI=1S/C20H15F2N2/c21-20(22)17-13-5-1-3-7-15(13)19(24-11-9-23-10-12-24)16-8-4-2-6-14(16)18(17)20/h1-12,17-19H/q+1. The highest BCUT2D eigenvalue weighted by atomic mass is 19.3. The molecule has 3 aromatic rings. The van der Waals surface area contributed by atoms with E-state index in [4.69, 9.17) is 0 Å². The molecule has 0 amide bonds. The quantitative estimate of drug-likeness (QED) is 0.622. The van der Waals surface area contributed by atoms with Gasteiger partial charge in [-0.25, -0.2) is 8.78 Å². The maximum atomic E-state index is 14.6. The van der Waals surface area contributed by atoms with E-state index in [0.29, 0.717) is 0 Å². The number of hydrogen-bond acceptors (Lipinski definition) is 1. The van der Waals surface area contributed by atoms with E-state index in [0.717, 1.165) is 22.3 Å². The molecule has 0 radical (unpaired) electrons. The molecule has 0 aliphatic heterocycles. The molecule has 1 heterocycles. The van der Waals surface area contributed by atoms with Crippen LogP contribution in [0.15, 0.2) is 73.3 Å². The minimum absolute atomic E-state index is 0.107. The normalized spacial score (nSPS) is 25.8. The van der Waals surface area contributed by atoms with Gasteiger partial charge < -0.3 is 0 Å². The van der Waals surface area contributed by atoms with Gasteiger partial charge in [0, 0.05) is 11.1 Å². The number of fused-ring (bicyclic) bond motifs is 5. The Morgan fingerprint density at radius 1 is 0.750 bits per heavy atom. The van der Waals surface area contributed by atoms with Gasteiger partial charge in [0.25, 0.3) is 5.92 Å². The molecule has 0 N–H and O–H groups in total. The third-order valence-corrected chi connectivity index (χ3v) is 5.25. The molecule has 5 rings (SSSR count). The van der Waals surface area contributed by atoms with Crippen LogP contribution in [-0.4, -0.2) is 10.9 Å². The first-order valence-corrected chi connectivity index (χ1v) is 8.06. The summed E-state index contributed by atoms with van der Waals surface area (Å²) in [4.78, 5) is 4.08. The first-order chi connectivity index (χ1) is 11.7. The van der Waals surface area contributed by atoms with Crippen molar-refractivity contribution < 1.29 is 13.3 Å². The van der Waals surface area contributed by atoms with Crippen LogP contribution in [0.5, 0.6) is 0 Å². The molecule has 4 heteroatoms. The summed E-state index contributed by atoms with van der Waals surface area (Å²) in [7, 11) is 0. The van der Waals surface area contributed by atoms with E-state index in [-0.39, 0.29) is 6.04 Å². The second kappa shape index (κ2) is 4.69. The van der Waals surface area contributed by atoms with Gasteiger partial charge in [0.05, 0.1) is 24.2 Å². The number of halogens is 2. The second-order valence-electron chi connectivity index (χ2n) is 6.48. The van der Waals surface area contributed by atoms with E-state index in [9.17, 15) is 8.78 Å². The molecule has 1 saturated carbocycles. The summed E-state index contributed by atoms with van der Waals surface area (Å²) in [6, 6.07) is 15.1. The van der Waals surface area contributed by atoms with Gasteiger partial charge in [-0.15, -0.1) is 0 Å². The Kier molecular flexibility index (Phi) is 2.70. The first kappa shape index (κ1) is 13.8. The van der Waals surface area contributed by atoms with Crippen molar-refractivity contribution in [1.29, 1.82) is 0 Å². The maximum Gasteiger partial charge on any atom is 0.263 e. The Morgan fingerprint density at radius 2 is 1.21 bits per heavy atom. The Morgan fingerprint density at radius 3 is 1.71 bits per heavy atom. The molecule has 0 saturated heterocycles. The van der Waals surface area contributed by atoms with Crippen molar-refractivity contribution in [2.75, 3.05) is 0 Å². The SMILES string of the molecule is FC1(F)C2c3ccccc3C([n+]3ccncc3)c3ccccc3C21. The largest absolute Gasteiger partial charge is 0.263 e. The Hall–Kier alpha value is -2.62. The fourth-order valence-electron chi connectivity index (χ4n) is 4.18. The highest BCUT2D eigenvalue weighted by Gasteiger charge is 2.71. The highest BCUT2D eigenvalue weighted by molar-refractivity contribution is 5.55. The van der Waals surface area contributed by atoms with Crippen LogP contribution < -0.4 is 4.57 Å². The van der Waals surface area contributed by atoms with Crippen LogP contribution >= 0.6 is 0 Å². The number of rotatable bonds is 1. The molecule has 2 nitrogen and oxygen atoms in total. The number of benzene rings is 2. The van der Waals surface area contributed by atoms with E-state index in [2.05, 4.69) is 4.98 Å². The van der Waals surface area contributed by atoms with Crippen LogP contribution in [0.2, 0.25) is 0 Å². The van der Waals surface area contributed by atoms with Crippen LogP contribution in [0.1, 0.15) is 40.1 Å². The van der Waals surface area contributed by atoms with Gasteiger partial charge in [-0.2, -0.15) is 4.57 Å². The van der Waals surface area contributed by atoms with Crippen LogP contribution in [-0.2, 0) is 0 Å². The fourth-order valence-corrected chi connectivity index (χ4v) is 4.18. The van der Waals surface area contributed by atoms with Crippen molar-refractivity contribution in [3.8, 4) is 0 Å². The highest BCUT2D eigenvalue weighted by Crippen LogP contribution is 2.69. The molecular weight excluding hydrogens is 306 g/mol. The van der Waals surface area contributed by atoms with Gasteiger partial charge in [0.15, 0.2) is 12.4 Å². The predicted molar refractivity (Wildman–Crippen MR) is 85.0 cm³/mol. The van der Waals surface area contributed by atoms with E-state index < -0.39 is 17.8 Å². The third kappa shape index (κ3) is 1.74. The minimum atomic E-state index is -2.67. The fraction of sp³-hybridized carbons (Fsp3) is 0.200. The third-order valence-electron chi connectivity index (χ3n) is 5.25. The number of nitrogens with zero attached hydrogens (tertiary/aromatic N) is 2. The van der Waals surface area contributed by atoms with Gasteiger partial charge in [-0.05, 0) is 11.1 Å². The van der Waals surface area contributed by atoms with E-state index >= 15 is 0 Å². The number of hydrogen-bond donors (Lipinski definition) is 0. The summed E-state index contributed by atoms with van der Waals surface area (Å²) >= 11 is 0. The van der Waals surface area contributed by atoms with Crippen molar-refractivity contribution in [3.63, 3.8) is 0 Å². The van der Waals surface area contributed by atoms with Crippen LogP contribution in [0.4, 0.5) is 8.78 Å². The lowest BCUT2D eigenvalue weighted by Crippen LogP contribution is -2.41. The summed E-state index contributed by atoms with van der Waals surface area (Å²) in [5, 5.41) is 0. The molecule has 0 spiro atoms. The van der Waals surface area contributed by atoms with Crippen molar-refractivity contribution >= 4 is 0 Å². The summed E-state index contributed by atoms with van der Waals surface area (Å²) in [6.45, 7) is 0. The van der Waals surface area contributed by atoms with E-state index in [1.165, 1.54) is 0 Å². The number of aromatic nitrogens is 2. The van der Waals surface area contributed by atoms with Crippen LogP contribution in [0, 0.1) is 0 Å². The molecule has 24 heavy (non-hydrogen) atoms. The van der Waals surface area contributed by atoms with Crippen molar-refractivity contribution in [2.45, 2.75) is 23.8 Å². The maximum absolute atomic E-state index is 14.6. The summed E-state index contributed by atoms with van der Waals surface area (Å²) in [5.74, 6) is -4.11. The van der Waals surface area contributed by atoms with Gasteiger partial charge in [-0.3, -0.25) is 4.98 Å². The summed E-state index contributed by atoms with van der Waals surface area (Å²) in [6.07, 6.45) is 7.25. The van der Waals surface area contributed by atoms with Crippen molar-refractivity contribution in [3.05, 3.63) is 95.6 Å². The molecule has 2 aliphatic rings. The van der Waals surface area contributed by atoms with Gasteiger partial charge in [0.1, 0.15) is 0 Å². The van der Waals surface area contributed by atoms with Crippen molar-refractivity contribution in [1.82, 2.24) is 4.98 Å². The molecule has 0 bridgehead atoms. The molecule has 2 aliphatic carbocycles. The van der Waals surface area contributed by atoms with E-state index in [1.807, 2.05) is 65.5 Å². The smallest absolute Gasteiger partial charge is 0.252 e. The summed E-state index contributed by atoms with van der Waals surface area (Å²) in [5.41, 5.74) is 3.42. The molecule has 1 fully saturated rings. The van der Waals surface area contributed by atoms with Crippen molar-refractivity contribution in [2.24, 2.45) is 0 Å². The molecular formula is C20H15F2N2+. The Labute approximate surface area is 138 Å². The second-order valence-corrected chi connectivity index (χ2v) is 6.48. The van der Waals surface area contributed by atoms with E-state index in [1.54, 1.807) is 12.4 Å². The minimum Gasteiger partial charge on any atom is -0.252 e. The van der Waals surface area contributed by atoms with Crippen LogP contribution in [0.25, 0.3) is 0 Å². The predicted octanol–water partition coefficient (Wildman–Crippen LogP) is 3.84. The monoisotopic (exact) mass is 321 g/mol. The average Bonchev–Trinajstić information content (AvgIpc) is 3.22.